The Morgan fingerprint density at radius 2 is 2.25 bits per heavy atom. The summed E-state index contributed by atoms with van der Waals surface area (Å²) in [5, 5.41) is 10.3. The fraction of sp³-hybridized carbons (Fsp3) is 0.647. The molecule has 2 rings (SSSR count). The second-order valence-corrected chi connectivity index (χ2v) is 7.74. The Kier molecular flexibility index (Phi) is 6.22. The molecule has 0 radical (unpaired) electrons. The maximum absolute atomic E-state index is 12.6. The van der Waals surface area contributed by atoms with E-state index in [-0.39, 0.29) is 12.5 Å². The Balaban J connectivity index is 2.39. The molecule has 1 aromatic rings. The fourth-order valence-electron chi connectivity index (χ4n) is 2.71. The first-order valence-corrected chi connectivity index (χ1v) is 8.94. The number of amides is 1. The summed E-state index contributed by atoms with van der Waals surface area (Å²) in [7, 11) is 0. The van der Waals surface area contributed by atoms with Crippen LogP contribution in [0.15, 0.2) is 16.7 Å². The number of carbonyl (C=O) groups excluding carboxylic acids is 1. The van der Waals surface area contributed by atoms with Crippen molar-refractivity contribution in [3.63, 3.8) is 0 Å². The van der Waals surface area contributed by atoms with Gasteiger partial charge < -0.3 is 14.6 Å². The number of aromatic nitrogens is 1. The number of ether oxygens (including phenoxy) is 2. The Morgan fingerprint density at radius 3 is 2.83 bits per heavy atom. The fourth-order valence-corrected chi connectivity index (χ4v) is 3.06. The average molecular weight is 401 g/mol. The van der Waals surface area contributed by atoms with Gasteiger partial charge in [-0.25, -0.2) is 9.78 Å². The molecule has 1 aliphatic heterocycles. The first-order valence-electron chi connectivity index (χ1n) is 8.14. The summed E-state index contributed by atoms with van der Waals surface area (Å²) in [6.45, 7) is 8.65. The van der Waals surface area contributed by atoms with E-state index in [1.54, 1.807) is 6.20 Å². The summed E-state index contributed by atoms with van der Waals surface area (Å²) in [6.07, 6.45) is 1.27. The van der Waals surface area contributed by atoms with Crippen molar-refractivity contribution >= 4 is 27.8 Å². The monoisotopic (exact) mass is 400 g/mol. The molecule has 0 aromatic carbocycles. The highest BCUT2D eigenvalue weighted by molar-refractivity contribution is 9.10. The number of hydrogen-bond acceptors (Lipinski definition) is 5. The predicted octanol–water partition coefficient (Wildman–Crippen LogP) is 3.47. The molecular weight excluding hydrogens is 376 g/mol. The van der Waals surface area contributed by atoms with E-state index < -0.39 is 17.8 Å². The maximum Gasteiger partial charge on any atom is 0.415 e. The van der Waals surface area contributed by atoms with Crippen molar-refractivity contribution in [2.24, 2.45) is 0 Å². The Bertz CT molecular complexity index is 588. The van der Waals surface area contributed by atoms with Gasteiger partial charge in [0.15, 0.2) is 0 Å². The summed E-state index contributed by atoms with van der Waals surface area (Å²) in [5.41, 5.74) is 0.242. The number of halogens is 1. The van der Waals surface area contributed by atoms with Gasteiger partial charge in [0.2, 0.25) is 0 Å². The third-order valence-electron chi connectivity index (χ3n) is 3.77. The zero-order chi connectivity index (χ0) is 17.9. The van der Waals surface area contributed by atoms with Crippen molar-refractivity contribution in [2.75, 3.05) is 24.7 Å². The standard InChI is InChI=1S/C17H25BrN2O4/c1-5-20(16(22)24-17(2,3)4)15-13(8-11(18)9-19-15)12-6-7-23-10-14(12)21/h8-9,12,14,21H,5-7,10H2,1-4H3/t12-,14+/m1/s1. The third-order valence-corrected chi connectivity index (χ3v) is 4.21. The number of anilines is 1. The SMILES string of the molecule is CCN(C(=O)OC(C)(C)C)c1ncc(Br)cc1[C@H]1CCOC[C@@H]1O. The lowest BCUT2D eigenvalue weighted by Gasteiger charge is -2.32. The van der Waals surface area contributed by atoms with Gasteiger partial charge in [-0.05, 0) is 56.1 Å². The molecule has 1 saturated heterocycles. The number of nitrogens with zero attached hydrogens (tertiary/aromatic N) is 2. The molecule has 1 fully saturated rings. The molecule has 24 heavy (non-hydrogen) atoms. The zero-order valence-corrected chi connectivity index (χ0v) is 16.2. The minimum Gasteiger partial charge on any atom is -0.443 e. The molecule has 1 N–H and O–H groups in total. The number of aliphatic hydroxyl groups is 1. The van der Waals surface area contributed by atoms with Crippen LogP contribution >= 0.6 is 15.9 Å². The number of carbonyl (C=O) groups is 1. The summed E-state index contributed by atoms with van der Waals surface area (Å²) >= 11 is 3.43. The van der Waals surface area contributed by atoms with Crippen molar-refractivity contribution in [3.05, 3.63) is 22.3 Å². The van der Waals surface area contributed by atoms with Gasteiger partial charge in [0.1, 0.15) is 11.4 Å². The van der Waals surface area contributed by atoms with E-state index in [0.29, 0.717) is 25.4 Å². The van der Waals surface area contributed by atoms with Crippen LogP contribution in [0.25, 0.3) is 0 Å². The van der Waals surface area contributed by atoms with E-state index in [1.807, 2.05) is 33.8 Å². The van der Waals surface area contributed by atoms with E-state index >= 15 is 0 Å². The molecule has 0 bridgehead atoms. The van der Waals surface area contributed by atoms with Crippen LogP contribution in [0, 0.1) is 0 Å². The number of hydrogen-bond donors (Lipinski definition) is 1. The van der Waals surface area contributed by atoms with Gasteiger partial charge in [0, 0.05) is 35.3 Å². The predicted molar refractivity (Wildman–Crippen MR) is 95.4 cm³/mol. The second-order valence-electron chi connectivity index (χ2n) is 6.83. The minimum absolute atomic E-state index is 0.129. The lowest BCUT2D eigenvalue weighted by molar-refractivity contribution is -0.0205. The number of aliphatic hydroxyl groups excluding tert-OH is 1. The van der Waals surface area contributed by atoms with Crippen LogP contribution < -0.4 is 4.90 Å². The van der Waals surface area contributed by atoms with E-state index in [2.05, 4.69) is 20.9 Å². The summed E-state index contributed by atoms with van der Waals surface area (Å²) < 4.78 is 11.6. The van der Waals surface area contributed by atoms with E-state index in [0.717, 1.165) is 10.0 Å². The second kappa shape index (κ2) is 7.80. The van der Waals surface area contributed by atoms with Gasteiger partial charge in [-0.15, -0.1) is 0 Å². The van der Waals surface area contributed by atoms with Crippen LogP contribution in [0.4, 0.5) is 10.6 Å². The lowest BCUT2D eigenvalue weighted by atomic mass is 9.89. The van der Waals surface area contributed by atoms with Crippen molar-refractivity contribution < 1.29 is 19.4 Å². The molecule has 1 aliphatic rings. The van der Waals surface area contributed by atoms with E-state index in [9.17, 15) is 9.90 Å². The van der Waals surface area contributed by atoms with Crippen molar-refractivity contribution in [1.29, 1.82) is 0 Å². The summed E-state index contributed by atoms with van der Waals surface area (Å²) in [5.74, 6) is 0.399. The molecule has 0 saturated carbocycles. The molecule has 1 aromatic heterocycles. The highest BCUT2D eigenvalue weighted by Gasteiger charge is 2.32. The molecule has 0 spiro atoms. The topological polar surface area (TPSA) is 71.9 Å². The maximum atomic E-state index is 12.6. The van der Waals surface area contributed by atoms with Gasteiger partial charge in [-0.2, -0.15) is 0 Å². The highest BCUT2D eigenvalue weighted by Crippen LogP contribution is 2.35. The van der Waals surface area contributed by atoms with Gasteiger partial charge in [-0.3, -0.25) is 4.90 Å². The van der Waals surface area contributed by atoms with Gasteiger partial charge >= 0.3 is 6.09 Å². The molecule has 134 valence electrons. The zero-order valence-electron chi connectivity index (χ0n) is 14.6. The Labute approximate surface area is 151 Å². The first kappa shape index (κ1) is 19.1. The van der Waals surface area contributed by atoms with E-state index in [4.69, 9.17) is 9.47 Å². The smallest absolute Gasteiger partial charge is 0.415 e. The van der Waals surface area contributed by atoms with Gasteiger partial charge in [0.05, 0.1) is 12.7 Å². The van der Waals surface area contributed by atoms with Crippen LogP contribution in [0.3, 0.4) is 0 Å². The third kappa shape index (κ3) is 4.68. The van der Waals surface area contributed by atoms with Gasteiger partial charge in [-0.1, -0.05) is 0 Å². The first-order chi connectivity index (χ1) is 11.2. The van der Waals surface area contributed by atoms with Crippen molar-refractivity contribution in [1.82, 2.24) is 4.98 Å². The summed E-state index contributed by atoms with van der Waals surface area (Å²) in [4.78, 5) is 18.5. The van der Waals surface area contributed by atoms with Crippen molar-refractivity contribution in [3.8, 4) is 0 Å². The molecule has 0 aliphatic carbocycles. The van der Waals surface area contributed by atoms with Crippen LogP contribution in [0.1, 0.15) is 45.6 Å². The van der Waals surface area contributed by atoms with Crippen LogP contribution in [-0.2, 0) is 9.47 Å². The molecule has 1 amide bonds. The molecular formula is C17H25BrN2O4. The van der Waals surface area contributed by atoms with Crippen LogP contribution in [0.2, 0.25) is 0 Å². The van der Waals surface area contributed by atoms with Crippen molar-refractivity contribution in [2.45, 2.75) is 51.7 Å². The van der Waals surface area contributed by atoms with Crippen LogP contribution in [-0.4, -0.2) is 47.6 Å². The molecule has 7 heteroatoms. The number of pyridine rings is 1. The summed E-state index contributed by atoms with van der Waals surface area (Å²) in [6, 6.07) is 1.91. The lowest BCUT2D eigenvalue weighted by Crippen LogP contribution is -2.39. The quantitative estimate of drug-likeness (QED) is 0.840. The highest BCUT2D eigenvalue weighted by atomic mass is 79.9. The Hall–Kier alpha value is -1.18. The molecule has 6 nitrogen and oxygen atoms in total. The molecule has 2 atom stereocenters. The number of rotatable bonds is 3. The van der Waals surface area contributed by atoms with E-state index in [1.165, 1.54) is 4.90 Å². The minimum atomic E-state index is -0.619. The van der Waals surface area contributed by atoms with Gasteiger partial charge in [0.25, 0.3) is 0 Å². The molecule has 0 unspecified atom stereocenters. The average Bonchev–Trinajstić information content (AvgIpc) is 2.48. The largest absolute Gasteiger partial charge is 0.443 e. The molecule has 2 heterocycles. The Morgan fingerprint density at radius 1 is 1.54 bits per heavy atom. The van der Waals surface area contributed by atoms with Crippen LogP contribution in [0.5, 0.6) is 0 Å². The normalized spacial score (nSPS) is 21.4.